The number of hydrogen-bond acceptors (Lipinski definition) is 2. The van der Waals surface area contributed by atoms with E-state index in [1.807, 2.05) is 30.0 Å². The molecule has 1 aromatic heterocycles. The highest BCUT2D eigenvalue weighted by atomic mass is 16.5. The summed E-state index contributed by atoms with van der Waals surface area (Å²) in [6.45, 7) is 5.32. The first-order valence-electron chi connectivity index (χ1n) is 5.19. The molecule has 1 heterocycles. The van der Waals surface area contributed by atoms with Crippen molar-refractivity contribution in [2.75, 3.05) is 6.61 Å². The van der Waals surface area contributed by atoms with Gasteiger partial charge in [-0.3, -0.25) is 0 Å². The van der Waals surface area contributed by atoms with Crippen molar-refractivity contribution in [3.05, 3.63) is 24.0 Å². The van der Waals surface area contributed by atoms with E-state index in [2.05, 4.69) is 6.92 Å². The summed E-state index contributed by atoms with van der Waals surface area (Å²) in [4.78, 5) is 0. The van der Waals surface area contributed by atoms with Crippen molar-refractivity contribution >= 4 is 0 Å². The number of aliphatic hydroxyl groups excluding tert-OH is 1. The van der Waals surface area contributed by atoms with Crippen LogP contribution in [0.3, 0.4) is 0 Å². The van der Waals surface area contributed by atoms with Gasteiger partial charge in [0, 0.05) is 19.0 Å². The van der Waals surface area contributed by atoms with Crippen molar-refractivity contribution < 1.29 is 9.84 Å². The predicted molar refractivity (Wildman–Crippen MR) is 55.9 cm³/mol. The zero-order valence-corrected chi connectivity index (χ0v) is 8.94. The van der Waals surface area contributed by atoms with Crippen molar-refractivity contribution in [3.63, 3.8) is 0 Å². The Labute approximate surface area is 85.3 Å². The van der Waals surface area contributed by atoms with Gasteiger partial charge in [-0.25, -0.2) is 0 Å². The number of nitrogens with zero attached hydrogens (tertiary/aromatic N) is 1. The van der Waals surface area contributed by atoms with Crippen LogP contribution in [-0.4, -0.2) is 16.3 Å². The Kier molecular flexibility index (Phi) is 4.70. The fourth-order valence-electron chi connectivity index (χ4n) is 1.37. The Morgan fingerprint density at radius 1 is 1.50 bits per heavy atom. The van der Waals surface area contributed by atoms with E-state index in [4.69, 9.17) is 4.74 Å². The third-order valence-electron chi connectivity index (χ3n) is 2.16. The van der Waals surface area contributed by atoms with E-state index in [-0.39, 0.29) is 6.10 Å². The quantitative estimate of drug-likeness (QED) is 0.759. The minimum absolute atomic E-state index is 0.331. The van der Waals surface area contributed by atoms with E-state index in [0.29, 0.717) is 13.3 Å². The summed E-state index contributed by atoms with van der Waals surface area (Å²) >= 11 is 0. The molecule has 0 spiro atoms. The predicted octanol–water partition coefficient (Wildman–Crippen LogP) is 2.32. The lowest BCUT2D eigenvalue weighted by molar-refractivity contribution is 0.0876. The molecule has 1 rings (SSSR count). The van der Waals surface area contributed by atoms with Crippen LogP contribution < -0.4 is 0 Å². The van der Waals surface area contributed by atoms with Crippen molar-refractivity contribution in [2.45, 2.75) is 39.5 Å². The van der Waals surface area contributed by atoms with E-state index in [0.717, 1.165) is 18.4 Å². The first-order valence-corrected chi connectivity index (χ1v) is 5.19. The molecule has 0 aromatic carbocycles. The third kappa shape index (κ3) is 3.16. The molecule has 0 saturated heterocycles. The molecule has 0 amide bonds. The minimum Gasteiger partial charge on any atom is -0.388 e. The van der Waals surface area contributed by atoms with Gasteiger partial charge in [0.05, 0.1) is 6.10 Å². The molecule has 0 radical (unpaired) electrons. The summed E-state index contributed by atoms with van der Waals surface area (Å²) in [6, 6.07) is 1.94. The minimum atomic E-state index is -0.331. The van der Waals surface area contributed by atoms with E-state index in [9.17, 15) is 5.11 Å². The maximum absolute atomic E-state index is 9.71. The lowest BCUT2D eigenvalue weighted by Crippen LogP contribution is -2.00. The van der Waals surface area contributed by atoms with Gasteiger partial charge in [-0.05, 0) is 25.0 Å². The molecule has 1 aromatic rings. The molecule has 0 fully saturated rings. The second-order valence-corrected chi connectivity index (χ2v) is 3.39. The fourth-order valence-corrected chi connectivity index (χ4v) is 1.37. The highest BCUT2D eigenvalue weighted by Gasteiger charge is 2.07. The summed E-state index contributed by atoms with van der Waals surface area (Å²) in [5.74, 6) is 0. The average molecular weight is 197 g/mol. The van der Waals surface area contributed by atoms with E-state index in [1.54, 1.807) is 0 Å². The Morgan fingerprint density at radius 3 is 2.93 bits per heavy atom. The van der Waals surface area contributed by atoms with Crippen LogP contribution in [0.5, 0.6) is 0 Å². The largest absolute Gasteiger partial charge is 0.388 e. The van der Waals surface area contributed by atoms with E-state index in [1.165, 1.54) is 0 Å². The Bertz CT molecular complexity index is 258. The second-order valence-electron chi connectivity index (χ2n) is 3.39. The molecule has 1 atom stereocenters. The summed E-state index contributed by atoms with van der Waals surface area (Å²) in [5, 5.41) is 9.71. The molecule has 1 unspecified atom stereocenters. The van der Waals surface area contributed by atoms with Crippen molar-refractivity contribution in [2.24, 2.45) is 0 Å². The molecule has 1 N–H and O–H groups in total. The van der Waals surface area contributed by atoms with Crippen molar-refractivity contribution in [3.8, 4) is 0 Å². The standard InChI is InChI=1S/C11H19NO2/c1-3-5-11(13)10-6-7-12(8-10)9-14-4-2/h6-8,11,13H,3-5,9H2,1-2H3. The van der Waals surface area contributed by atoms with E-state index < -0.39 is 0 Å². The number of aliphatic hydroxyl groups is 1. The van der Waals surface area contributed by atoms with Crippen molar-refractivity contribution in [1.82, 2.24) is 4.57 Å². The molecule has 0 bridgehead atoms. The van der Waals surface area contributed by atoms with Crippen LogP contribution in [0.25, 0.3) is 0 Å². The van der Waals surface area contributed by atoms with E-state index >= 15 is 0 Å². The van der Waals surface area contributed by atoms with Crippen LogP contribution >= 0.6 is 0 Å². The average Bonchev–Trinajstić information content (AvgIpc) is 2.63. The topological polar surface area (TPSA) is 34.4 Å². The van der Waals surface area contributed by atoms with Gasteiger partial charge in [0.2, 0.25) is 0 Å². The number of hydrogen-bond donors (Lipinski definition) is 1. The van der Waals surface area contributed by atoms with Gasteiger partial charge >= 0.3 is 0 Å². The van der Waals surface area contributed by atoms with Gasteiger partial charge < -0.3 is 14.4 Å². The second kappa shape index (κ2) is 5.83. The third-order valence-corrected chi connectivity index (χ3v) is 2.16. The van der Waals surface area contributed by atoms with Gasteiger partial charge in [0.15, 0.2) is 0 Å². The Hall–Kier alpha value is -0.800. The number of rotatable bonds is 6. The summed E-state index contributed by atoms with van der Waals surface area (Å²) < 4.78 is 7.20. The van der Waals surface area contributed by atoms with Gasteiger partial charge in [0.1, 0.15) is 6.73 Å². The molecule has 0 saturated carbocycles. The Balaban J connectivity index is 2.49. The molecule has 80 valence electrons. The van der Waals surface area contributed by atoms with Gasteiger partial charge in [-0.15, -0.1) is 0 Å². The fraction of sp³-hybridized carbons (Fsp3) is 0.636. The zero-order valence-electron chi connectivity index (χ0n) is 8.94. The van der Waals surface area contributed by atoms with Gasteiger partial charge in [0.25, 0.3) is 0 Å². The zero-order chi connectivity index (χ0) is 10.4. The number of ether oxygens (including phenoxy) is 1. The molecule has 0 aliphatic carbocycles. The van der Waals surface area contributed by atoms with Crippen LogP contribution in [0.1, 0.15) is 38.4 Å². The summed E-state index contributed by atoms with van der Waals surface area (Å²) in [7, 11) is 0. The highest BCUT2D eigenvalue weighted by molar-refractivity contribution is 5.13. The molecule has 0 aliphatic heterocycles. The lowest BCUT2D eigenvalue weighted by Gasteiger charge is -2.06. The van der Waals surface area contributed by atoms with Crippen LogP contribution in [0.4, 0.5) is 0 Å². The molecule has 14 heavy (non-hydrogen) atoms. The Morgan fingerprint density at radius 2 is 2.29 bits per heavy atom. The molecule has 3 heteroatoms. The first-order chi connectivity index (χ1) is 6.77. The van der Waals surface area contributed by atoms with Crippen molar-refractivity contribution in [1.29, 1.82) is 0 Å². The smallest absolute Gasteiger partial charge is 0.122 e. The normalized spacial score (nSPS) is 13.1. The van der Waals surface area contributed by atoms with Gasteiger partial charge in [-0.1, -0.05) is 13.3 Å². The molecular formula is C11H19NO2. The van der Waals surface area contributed by atoms with Crippen LogP contribution in [0, 0.1) is 0 Å². The SMILES string of the molecule is CCCC(O)c1ccn(COCC)c1. The maximum Gasteiger partial charge on any atom is 0.122 e. The first kappa shape index (κ1) is 11.3. The van der Waals surface area contributed by atoms with Crippen LogP contribution in [0.2, 0.25) is 0 Å². The molecular weight excluding hydrogens is 178 g/mol. The summed E-state index contributed by atoms with van der Waals surface area (Å²) in [6.07, 6.45) is 5.36. The lowest BCUT2D eigenvalue weighted by atomic mass is 10.1. The summed E-state index contributed by atoms with van der Waals surface area (Å²) in [5.41, 5.74) is 0.978. The van der Waals surface area contributed by atoms with Gasteiger partial charge in [-0.2, -0.15) is 0 Å². The highest BCUT2D eigenvalue weighted by Crippen LogP contribution is 2.18. The van der Waals surface area contributed by atoms with Crippen LogP contribution in [-0.2, 0) is 11.5 Å². The number of aromatic nitrogens is 1. The monoisotopic (exact) mass is 197 g/mol. The molecule has 0 aliphatic rings. The van der Waals surface area contributed by atoms with Crippen LogP contribution in [0.15, 0.2) is 18.5 Å². The molecule has 3 nitrogen and oxygen atoms in total. The maximum atomic E-state index is 9.71.